The fraction of sp³-hybridized carbons (Fsp3) is 0.632. The minimum absolute atomic E-state index is 0.447. The Morgan fingerprint density at radius 2 is 1.81 bits per heavy atom. The summed E-state index contributed by atoms with van der Waals surface area (Å²) in [6.45, 7) is 8.31. The molecule has 0 atom stereocenters. The van der Waals surface area contributed by atoms with Gasteiger partial charge in [0, 0.05) is 25.8 Å². The molecule has 0 saturated carbocycles. The molecule has 0 saturated heterocycles. The van der Waals surface area contributed by atoms with Crippen molar-refractivity contribution in [1.29, 1.82) is 0 Å². The predicted octanol–water partition coefficient (Wildman–Crippen LogP) is 2.90. The molecule has 2 N–H and O–H groups in total. The maximum absolute atomic E-state index is 13.6. The Balaban J connectivity index is 2.22. The molecule has 1 aromatic rings. The lowest BCUT2D eigenvalue weighted by Gasteiger charge is -2.12. The number of unbranched alkanes of at least 4 members (excludes halogenated alkanes) is 1. The van der Waals surface area contributed by atoms with Gasteiger partial charge in [0.15, 0.2) is 5.96 Å². The molecule has 0 spiro atoms. The van der Waals surface area contributed by atoms with Gasteiger partial charge in [-0.2, -0.15) is 0 Å². The first-order valence-corrected chi connectivity index (χ1v) is 9.29. The maximum atomic E-state index is 13.6. The molecule has 7 heteroatoms. The van der Waals surface area contributed by atoms with Gasteiger partial charge >= 0.3 is 0 Å². The van der Waals surface area contributed by atoms with Crippen LogP contribution in [-0.2, 0) is 15.9 Å². The van der Waals surface area contributed by atoms with Crippen LogP contribution in [-0.4, -0.2) is 52.0 Å². The number of nitrogens with zero attached hydrogens (tertiary/aromatic N) is 1. The van der Waals surface area contributed by atoms with Gasteiger partial charge in [-0.25, -0.2) is 8.78 Å². The van der Waals surface area contributed by atoms with E-state index in [0.29, 0.717) is 50.9 Å². The van der Waals surface area contributed by atoms with Crippen molar-refractivity contribution in [3.8, 4) is 0 Å². The van der Waals surface area contributed by atoms with E-state index < -0.39 is 11.6 Å². The van der Waals surface area contributed by atoms with E-state index in [0.717, 1.165) is 32.1 Å². The van der Waals surface area contributed by atoms with Crippen LogP contribution in [0.25, 0.3) is 0 Å². The Bertz CT molecular complexity index is 528. The van der Waals surface area contributed by atoms with E-state index in [2.05, 4.69) is 22.5 Å². The molecule has 0 amide bonds. The number of nitrogens with one attached hydrogen (secondary N) is 2. The minimum atomic E-state index is -0.565. The van der Waals surface area contributed by atoms with Crippen molar-refractivity contribution in [2.24, 2.45) is 4.99 Å². The average molecular weight is 371 g/mol. The molecular formula is C19H31F2N3O2. The normalized spacial score (nSPS) is 11.6. The van der Waals surface area contributed by atoms with Crippen LogP contribution < -0.4 is 10.6 Å². The zero-order valence-corrected chi connectivity index (χ0v) is 15.8. The Kier molecular flexibility index (Phi) is 12.4. The molecule has 0 aromatic heterocycles. The monoisotopic (exact) mass is 371 g/mol. The number of halogens is 2. The second-order valence-electron chi connectivity index (χ2n) is 5.75. The third-order valence-corrected chi connectivity index (χ3v) is 3.57. The Morgan fingerprint density at radius 1 is 1.04 bits per heavy atom. The summed E-state index contributed by atoms with van der Waals surface area (Å²) in [5.74, 6) is -0.439. The van der Waals surface area contributed by atoms with Crippen molar-refractivity contribution in [2.45, 2.75) is 33.1 Å². The van der Waals surface area contributed by atoms with Crippen LogP contribution >= 0.6 is 0 Å². The van der Waals surface area contributed by atoms with Crippen LogP contribution in [0, 0.1) is 11.6 Å². The molecular weight excluding hydrogens is 340 g/mol. The SMILES string of the molecule is CCCCOCCOCCN=C(NCC)NCCc1ccc(F)cc1F. The van der Waals surface area contributed by atoms with Crippen molar-refractivity contribution < 1.29 is 18.3 Å². The van der Waals surface area contributed by atoms with Gasteiger partial charge in [-0.15, -0.1) is 0 Å². The van der Waals surface area contributed by atoms with Crippen LogP contribution in [0.15, 0.2) is 23.2 Å². The molecule has 0 fully saturated rings. The van der Waals surface area contributed by atoms with E-state index in [1.165, 1.54) is 12.1 Å². The Hall–Kier alpha value is -1.73. The summed E-state index contributed by atoms with van der Waals surface area (Å²) >= 11 is 0. The molecule has 0 heterocycles. The molecule has 0 radical (unpaired) electrons. The number of aliphatic imine (C=N–C) groups is 1. The molecule has 0 unspecified atom stereocenters. The number of ether oxygens (including phenoxy) is 2. The van der Waals surface area contributed by atoms with Gasteiger partial charge in [0.1, 0.15) is 11.6 Å². The summed E-state index contributed by atoms with van der Waals surface area (Å²) in [5, 5.41) is 6.26. The summed E-state index contributed by atoms with van der Waals surface area (Å²) in [6.07, 6.45) is 2.65. The first kappa shape index (κ1) is 22.3. The van der Waals surface area contributed by atoms with Gasteiger partial charge < -0.3 is 20.1 Å². The lowest BCUT2D eigenvalue weighted by Crippen LogP contribution is -2.38. The highest BCUT2D eigenvalue weighted by Gasteiger charge is 2.04. The van der Waals surface area contributed by atoms with Gasteiger partial charge in [0.25, 0.3) is 0 Å². The van der Waals surface area contributed by atoms with Crippen molar-refractivity contribution in [3.63, 3.8) is 0 Å². The van der Waals surface area contributed by atoms with Crippen molar-refractivity contribution in [2.75, 3.05) is 46.1 Å². The molecule has 1 aromatic carbocycles. The zero-order valence-electron chi connectivity index (χ0n) is 15.8. The van der Waals surface area contributed by atoms with Crippen molar-refractivity contribution >= 4 is 5.96 Å². The smallest absolute Gasteiger partial charge is 0.191 e. The molecule has 148 valence electrons. The first-order chi connectivity index (χ1) is 12.7. The lowest BCUT2D eigenvalue weighted by atomic mass is 10.1. The number of benzene rings is 1. The first-order valence-electron chi connectivity index (χ1n) is 9.29. The second kappa shape index (κ2) is 14.4. The number of hydrogen-bond acceptors (Lipinski definition) is 3. The van der Waals surface area contributed by atoms with Crippen LogP contribution in [0.3, 0.4) is 0 Å². The molecule has 26 heavy (non-hydrogen) atoms. The molecule has 1 rings (SSSR count). The highest BCUT2D eigenvalue weighted by atomic mass is 19.1. The summed E-state index contributed by atoms with van der Waals surface area (Å²) in [4.78, 5) is 4.40. The predicted molar refractivity (Wildman–Crippen MR) is 101 cm³/mol. The van der Waals surface area contributed by atoms with E-state index in [1.54, 1.807) is 0 Å². The number of rotatable bonds is 13. The highest BCUT2D eigenvalue weighted by molar-refractivity contribution is 5.79. The molecule has 0 aliphatic carbocycles. The van der Waals surface area contributed by atoms with Gasteiger partial charge in [-0.3, -0.25) is 4.99 Å². The molecule has 5 nitrogen and oxygen atoms in total. The van der Waals surface area contributed by atoms with E-state index in [1.807, 2.05) is 6.92 Å². The molecule has 0 bridgehead atoms. The molecule has 0 aliphatic rings. The second-order valence-corrected chi connectivity index (χ2v) is 5.75. The van der Waals surface area contributed by atoms with E-state index in [-0.39, 0.29) is 0 Å². The van der Waals surface area contributed by atoms with Crippen LogP contribution in [0.1, 0.15) is 32.3 Å². The summed E-state index contributed by atoms with van der Waals surface area (Å²) in [5.41, 5.74) is 0.473. The fourth-order valence-electron chi connectivity index (χ4n) is 2.17. The summed E-state index contributed by atoms with van der Waals surface area (Å²) in [6, 6.07) is 3.63. The minimum Gasteiger partial charge on any atom is -0.379 e. The van der Waals surface area contributed by atoms with Crippen LogP contribution in [0.2, 0.25) is 0 Å². The third kappa shape index (κ3) is 10.3. The van der Waals surface area contributed by atoms with E-state index >= 15 is 0 Å². The summed E-state index contributed by atoms with van der Waals surface area (Å²) in [7, 11) is 0. The van der Waals surface area contributed by atoms with Gasteiger partial charge in [-0.1, -0.05) is 19.4 Å². The van der Waals surface area contributed by atoms with Gasteiger partial charge in [-0.05, 0) is 31.4 Å². The summed E-state index contributed by atoms with van der Waals surface area (Å²) < 4.78 is 37.4. The van der Waals surface area contributed by atoms with Crippen LogP contribution in [0.4, 0.5) is 8.78 Å². The number of guanidine groups is 1. The quantitative estimate of drug-likeness (QED) is 0.318. The maximum Gasteiger partial charge on any atom is 0.191 e. The zero-order chi connectivity index (χ0) is 19.0. The van der Waals surface area contributed by atoms with Crippen molar-refractivity contribution in [3.05, 3.63) is 35.4 Å². The van der Waals surface area contributed by atoms with Gasteiger partial charge in [0.05, 0.1) is 26.4 Å². The topological polar surface area (TPSA) is 54.9 Å². The van der Waals surface area contributed by atoms with Gasteiger partial charge in [0.2, 0.25) is 0 Å². The lowest BCUT2D eigenvalue weighted by molar-refractivity contribution is 0.0497. The van der Waals surface area contributed by atoms with E-state index in [4.69, 9.17) is 9.47 Å². The largest absolute Gasteiger partial charge is 0.379 e. The van der Waals surface area contributed by atoms with E-state index in [9.17, 15) is 8.78 Å². The van der Waals surface area contributed by atoms with Crippen LogP contribution in [0.5, 0.6) is 0 Å². The standard InChI is InChI=1S/C19H31F2N3O2/c1-3-5-11-25-13-14-26-12-10-24-19(22-4-2)23-9-8-16-6-7-17(20)15-18(16)21/h6-7,15H,3-5,8-14H2,1-2H3,(H2,22,23,24). The molecule has 0 aliphatic heterocycles. The Labute approximate surface area is 155 Å². The fourth-order valence-corrected chi connectivity index (χ4v) is 2.17. The Morgan fingerprint density at radius 3 is 2.50 bits per heavy atom. The third-order valence-electron chi connectivity index (χ3n) is 3.57. The average Bonchev–Trinajstić information content (AvgIpc) is 2.62. The number of hydrogen-bond donors (Lipinski definition) is 2. The highest BCUT2D eigenvalue weighted by Crippen LogP contribution is 2.09. The van der Waals surface area contributed by atoms with Crippen molar-refractivity contribution in [1.82, 2.24) is 10.6 Å².